The number of hydrogen-bond donors (Lipinski definition) is 0. The number of carboxylic acid groups (broad SMARTS) is 1. The van der Waals surface area contributed by atoms with Crippen LogP contribution in [0.15, 0.2) is 36.5 Å². The molecule has 2 unspecified atom stereocenters. The molecule has 0 aromatic carbocycles. The summed E-state index contributed by atoms with van der Waals surface area (Å²) in [5, 5.41) is 11.6. The van der Waals surface area contributed by atoms with E-state index in [-0.39, 0.29) is 42.7 Å². The first kappa shape index (κ1) is 48.5. The van der Waals surface area contributed by atoms with E-state index in [0.29, 0.717) is 12.8 Å². The topological polar surface area (TPSA) is 102 Å². The quantitative estimate of drug-likeness (QED) is 0.0275. The monoisotopic (exact) mass is 720 g/mol. The number of esters is 2. The zero-order valence-corrected chi connectivity index (χ0v) is 33.5. The third-order valence-corrected chi connectivity index (χ3v) is 9.01. The highest BCUT2D eigenvalue weighted by Gasteiger charge is 2.25. The molecule has 0 aromatic heterocycles. The van der Waals surface area contributed by atoms with Crippen LogP contribution in [0.2, 0.25) is 0 Å². The molecule has 51 heavy (non-hydrogen) atoms. The van der Waals surface area contributed by atoms with E-state index in [1.165, 1.54) is 64.2 Å². The number of quaternary nitrogens is 1. The molecule has 8 heteroatoms. The fourth-order valence-electron chi connectivity index (χ4n) is 5.81. The molecule has 0 heterocycles. The molecule has 2 atom stereocenters. The number of unbranched alkanes of at least 4 members (excludes halogenated alkanes) is 16. The van der Waals surface area contributed by atoms with E-state index in [2.05, 4.69) is 50.3 Å². The van der Waals surface area contributed by atoms with Crippen LogP contribution in [-0.2, 0) is 28.6 Å². The van der Waals surface area contributed by atoms with Gasteiger partial charge in [0.25, 0.3) is 0 Å². The lowest BCUT2D eigenvalue weighted by Gasteiger charge is -2.34. The second kappa shape index (κ2) is 34.6. The van der Waals surface area contributed by atoms with Crippen molar-refractivity contribution in [2.75, 3.05) is 41.0 Å². The average molecular weight is 720 g/mol. The Bertz CT molecular complexity index is 937. The van der Waals surface area contributed by atoms with Crippen molar-refractivity contribution in [3.05, 3.63) is 36.5 Å². The van der Waals surface area contributed by atoms with Gasteiger partial charge in [-0.25, -0.2) is 0 Å². The molecule has 0 aliphatic carbocycles. The number of rotatable bonds is 36. The lowest BCUT2D eigenvalue weighted by Crippen LogP contribution is -2.55. The molecule has 0 radical (unpaired) electrons. The maximum Gasteiger partial charge on any atom is 0.306 e. The Balaban J connectivity index is 4.40. The molecule has 0 spiro atoms. The summed E-state index contributed by atoms with van der Waals surface area (Å²) in [6, 6.07) is -0.727. The van der Waals surface area contributed by atoms with E-state index in [9.17, 15) is 19.5 Å². The van der Waals surface area contributed by atoms with E-state index in [0.717, 1.165) is 70.6 Å². The van der Waals surface area contributed by atoms with E-state index in [4.69, 9.17) is 14.2 Å². The first-order valence-electron chi connectivity index (χ1n) is 20.5. The zero-order valence-electron chi connectivity index (χ0n) is 33.5. The number of aliphatic carboxylic acids is 1. The predicted octanol–water partition coefficient (Wildman–Crippen LogP) is 9.35. The van der Waals surface area contributed by atoms with Crippen molar-refractivity contribution in [2.24, 2.45) is 0 Å². The standard InChI is InChI=1S/C43H77NO7/c1-6-8-10-12-14-16-18-20-21-22-24-26-28-30-32-34-42(46)51-39(37-49-36-35-40(43(47)48)44(3,4)5)38-50-41(45)33-31-29-27-25-23-19-17-15-13-11-9-7-2/h9,11,15-18,39-40H,6-8,10,12-14,19-38H2,1-5H3/b11-9+,17-15+,18-16+. The fourth-order valence-corrected chi connectivity index (χ4v) is 5.81. The lowest BCUT2D eigenvalue weighted by molar-refractivity contribution is -0.889. The minimum absolute atomic E-state index is 0.0350. The van der Waals surface area contributed by atoms with Gasteiger partial charge in [0.05, 0.1) is 40.3 Å². The number of carbonyl (C=O) groups is 3. The van der Waals surface area contributed by atoms with Crippen molar-refractivity contribution in [1.29, 1.82) is 0 Å². The van der Waals surface area contributed by atoms with E-state index in [1.54, 1.807) is 21.1 Å². The number of carboxylic acids is 1. The van der Waals surface area contributed by atoms with E-state index < -0.39 is 18.1 Å². The molecule has 0 saturated carbocycles. The van der Waals surface area contributed by atoms with Gasteiger partial charge >= 0.3 is 11.9 Å². The lowest BCUT2D eigenvalue weighted by atomic mass is 10.1. The van der Waals surface area contributed by atoms with Crippen molar-refractivity contribution in [2.45, 2.75) is 180 Å². The number of ether oxygens (including phenoxy) is 3. The minimum atomic E-state index is -1.13. The van der Waals surface area contributed by atoms with Crippen LogP contribution in [0.25, 0.3) is 0 Å². The number of carbonyl (C=O) groups excluding carboxylic acids is 3. The van der Waals surface area contributed by atoms with Gasteiger partial charge in [0.2, 0.25) is 0 Å². The minimum Gasteiger partial charge on any atom is -0.544 e. The second-order valence-electron chi connectivity index (χ2n) is 14.8. The highest BCUT2D eigenvalue weighted by molar-refractivity contribution is 5.70. The summed E-state index contributed by atoms with van der Waals surface area (Å²) in [7, 11) is 5.39. The van der Waals surface area contributed by atoms with Crippen LogP contribution >= 0.6 is 0 Å². The van der Waals surface area contributed by atoms with Gasteiger partial charge in [0.15, 0.2) is 6.10 Å². The summed E-state index contributed by atoms with van der Waals surface area (Å²) in [4.78, 5) is 36.7. The molecule has 0 N–H and O–H groups in total. The first-order chi connectivity index (χ1) is 24.6. The number of hydrogen-bond acceptors (Lipinski definition) is 7. The Morgan fingerprint density at radius 1 is 0.608 bits per heavy atom. The van der Waals surface area contributed by atoms with Crippen LogP contribution in [0.5, 0.6) is 0 Å². The van der Waals surface area contributed by atoms with Crippen LogP contribution < -0.4 is 5.11 Å². The van der Waals surface area contributed by atoms with Gasteiger partial charge in [-0.2, -0.15) is 0 Å². The van der Waals surface area contributed by atoms with E-state index in [1.807, 2.05) is 0 Å². The van der Waals surface area contributed by atoms with Crippen molar-refractivity contribution < 1.29 is 38.2 Å². The Hall–Kier alpha value is -2.45. The largest absolute Gasteiger partial charge is 0.544 e. The highest BCUT2D eigenvalue weighted by atomic mass is 16.6. The van der Waals surface area contributed by atoms with Gasteiger partial charge in [-0.05, 0) is 64.2 Å². The second-order valence-corrected chi connectivity index (χ2v) is 14.8. The Morgan fingerprint density at radius 2 is 1.10 bits per heavy atom. The molecule has 0 fully saturated rings. The molecule has 0 saturated heterocycles. The van der Waals surface area contributed by atoms with Gasteiger partial charge < -0.3 is 28.6 Å². The van der Waals surface area contributed by atoms with Gasteiger partial charge in [-0.1, -0.05) is 121 Å². The number of likely N-dealkylation sites (N-methyl/N-ethyl adjacent to an activating group) is 1. The van der Waals surface area contributed by atoms with Gasteiger partial charge in [0.1, 0.15) is 12.6 Å². The Labute approximate surface area is 313 Å². The Morgan fingerprint density at radius 3 is 1.63 bits per heavy atom. The maximum atomic E-state index is 12.7. The third-order valence-electron chi connectivity index (χ3n) is 9.01. The molecule has 0 aliphatic rings. The van der Waals surface area contributed by atoms with Crippen molar-refractivity contribution in [3.8, 4) is 0 Å². The fraction of sp³-hybridized carbons (Fsp3) is 0.791. The van der Waals surface area contributed by atoms with Gasteiger partial charge in [-0.3, -0.25) is 9.59 Å². The van der Waals surface area contributed by atoms with Crippen LogP contribution in [0, 0.1) is 0 Å². The molecule has 0 amide bonds. The summed E-state index contributed by atoms with van der Waals surface area (Å²) in [6.07, 6.45) is 37.3. The molecule has 0 bridgehead atoms. The molecule has 296 valence electrons. The van der Waals surface area contributed by atoms with Crippen molar-refractivity contribution in [3.63, 3.8) is 0 Å². The molecular formula is C43H77NO7. The first-order valence-corrected chi connectivity index (χ1v) is 20.5. The van der Waals surface area contributed by atoms with Crippen molar-refractivity contribution >= 4 is 17.9 Å². The normalized spacial score (nSPS) is 13.4. The summed E-state index contributed by atoms with van der Waals surface area (Å²) in [5.74, 6) is -1.76. The maximum absolute atomic E-state index is 12.7. The SMILES string of the molecule is CC/C=C/C/C=C/CCCCCCCC(=O)OCC(COCCC(C(=O)[O-])[N+](C)(C)C)OC(=O)CCCCCCCCC/C=C/CCCCCC. The third kappa shape index (κ3) is 33.2. The molecule has 0 rings (SSSR count). The number of nitrogens with zero attached hydrogens (tertiary/aromatic N) is 1. The predicted molar refractivity (Wildman–Crippen MR) is 208 cm³/mol. The smallest absolute Gasteiger partial charge is 0.306 e. The van der Waals surface area contributed by atoms with Crippen LogP contribution in [0.1, 0.15) is 168 Å². The summed E-state index contributed by atoms with van der Waals surface area (Å²) >= 11 is 0. The van der Waals surface area contributed by atoms with Crippen molar-refractivity contribution in [1.82, 2.24) is 0 Å². The highest BCUT2D eigenvalue weighted by Crippen LogP contribution is 2.13. The summed E-state index contributed by atoms with van der Waals surface area (Å²) in [6.45, 7) is 4.51. The molecule has 0 aromatic rings. The van der Waals surface area contributed by atoms with E-state index >= 15 is 0 Å². The van der Waals surface area contributed by atoms with Crippen LogP contribution in [0.3, 0.4) is 0 Å². The molecule has 0 aliphatic heterocycles. The number of allylic oxidation sites excluding steroid dienone is 6. The van der Waals surface area contributed by atoms with Crippen LogP contribution in [-0.4, -0.2) is 75.5 Å². The molecular weight excluding hydrogens is 642 g/mol. The zero-order chi connectivity index (χ0) is 37.8. The van der Waals surface area contributed by atoms with Gasteiger partial charge in [0, 0.05) is 19.3 Å². The average Bonchev–Trinajstić information content (AvgIpc) is 3.08. The summed E-state index contributed by atoms with van der Waals surface area (Å²) < 4.78 is 17.1. The van der Waals surface area contributed by atoms with Crippen LogP contribution in [0.4, 0.5) is 0 Å². The Kier molecular flexibility index (Phi) is 33.0. The summed E-state index contributed by atoms with van der Waals surface area (Å²) in [5.41, 5.74) is 0. The van der Waals surface area contributed by atoms with Gasteiger partial charge in [-0.15, -0.1) is 0 Å². The molecule has 8 nitrogen and oxygen atoms in total.